The molecule has 0 aliphatic heterocycles. The van der Waals surface area contributed by atoms with Crippen LogP contribution in [-0.4, -0.2) is 17.1 Å². The zero-order valence-electron chi connectivity index (χ0n) is 12.2. The van der Waals surface area contributed by atoms with Crippen LogP contribution in [0.15, 0.2) is 36.4 Å². The van der Waals surface area contributed by atoms with Crippen molar-refractivity contribution in [3.05, 3.63) is 58.1 Å². The normalized spacial score (nSPS) is 17.0. The van der Waals surface area contributed by atoms with Gasteiger partial charge >= 0.3 is 0 Å². The molecule has 1 aliphatic rings. The van der Waals surface area contributed by atoms with E-state index in [-0.39, 0.29) is 6.10 Å². The van der Waals surface area contributed by atoms with Gasteiger partial charge < -0.3 is 9.72 Å². The molecule has 1 N–H and O–H groups in total. The van der Waals surface area contributed by atoms with Crippen LogP contribution < -0.4 is 0 Å². The van der Waals surface area contributed by atoms with E-state index in [2.05, 4.69) is 22.1 Å². The van der Waals surface area contributed by atoms with Crippen molar-refractivity contribution in [1.82, 2.24) is 9.97 Å². The molecule has 21 heavy (non-hydrogen) atoms. The Hall–Kier alpha value is -1.52. The third-order valence-corrected chi connectivity index (χ3v) is 4.37. The molecular weight excluding hydrogens is 280 g/mol. The molecule has 0 bridgehead atoms. The lowest BCUT2D eigenvalue weighted by Gasteiger charge is -2.18. The van der Waals surface area contributed by atoms with Crippen molar-refractivity contribution in [2.75, 3.05) is 7.11 Å². The zero-order valence-corrected chi connectivity index (χ0v) is 13.0. The minimum atomic E-state index is -0.200. The van der Waals surface area contributed by atoms with Crippen LogP contribution in [0.25, 0.3) is 0 Å². The Balaban J connectivity index is 1.98. The van der Waals surface area contributed by atoms with Crippen LogP contribution in [0.1, 0.15) is 54.8 Å². The van der Waals surface area contributed by atoms with Gasteiger partial charge in [-0.1, -0.05) is 55.4 Å². The van der Waals surface area contributed by atoms with E-state index in [1.165, 1.54) is 31.4 Å². The van der Waals surface area contributed by atoms with Crippen molar-refractivity contribution in [3.8, 4) is 0 Å². The van der Waals surface area contributed by atoms with E-state index in [0.29, 0.717) is 10.6 Å². The quantitative estimate of drug-likeness (QED) is 0.843. The number of nitrogens with one attached hydrogen (secondary N) is 1. The summed E-state index contributed by atoms with van der Waals surface area (Å²) >= 11 is 5.35. The van der Waals surface area contributed by atoms with Gasteiger partial charge in [-0.25, -0.2) is 4.98 Å². The molecule has 1 fully saturated rings. The van der Waals surface area contributed by atoms with Gasteiger partial charge in [0, 0.05) is 12.8 Å². The van der Waals surface area contributed by atoms with Crippen LogP contribution in [-0.2, 0) is 4.74 Å². The maximum Gasteiger partial charge on any atom is 0.141 e. The molecule has 0 amide bonds. The highest BCUT2D eigenvalue weighted by atomic mass is 32.1. The summed E-state index contributed by atoms with van der Waals surface area (Å²) in [6, 6.07) is 12.1. The summed E-state index contributed by atoms with van der Waals surface area (Å²) in [4.78, 5) is 7.96. The fraction of sp³-hybridized carbons (Fsp3) is 0.412. The minimum absolute atomic E-state index is 0.200. The van der Waals surface area contributed by atoms with Gasteiger partial charge in [0.15, 0.2) is 0 Å². The molecule has 0 radical (unpaired) electrons. The maximum absolute atomic E-state index is 5.66. The molecule has 3 rings (SSSR count). The fourth-order valence-electron chi connectivity index (χ4n) is 3.11. The average Bonchev–Trinajstić information content (AvgIpc) is 3.03. The molecule has 1 aliphatic carbocycles. The van der Waals surface area contributed by atoms with Crippen molar-refractivity contribution in [3.63, 3.8) is 0 Å². The Morgan fingerprint density at radius 3 is 2.62 bits per heavy atom. The number of rotatable bonds is 4. The Bertz CT molecular complexity index is 647. The van der Waals surface area contributed by atoms with Crippen molar-refractivity contribution < 1.29 is 4.74 Å². The van der Waals surface area contributed by atoms with Crippen molar-refractivity contribution in [2.45, 2.75) is 37.7 Å². The zero-order chi connectivity index (χ0) is 14.7. The average molecular weight is 300 g/mol. The summed E-state index contributed by atoms with van der Waals surface area (Å²) in [5, 5.41) is 0. The molecule has 0 saturated heterocycles. The Kier molecular flexibility index (Phi) is 4.46. The van der Waals surface area contributed by atoms with Crippen LogP contribution in [0.2, 0.25) is 0 Å². The summed E-state index contributed by atoms with van der Waals surface area (Å²) in [5.74, 6) is 1.39. The lowest BCUT2D eigenvalue weighted by atomic mass is 10.0. The smallest absolute Gasteiger partial charge is 0.141 e. The Morgan fingerprint density at radius 2 is 1.95 bits per heavy atom. The van der Waals surface area contributed by atoms with Gasteiger partial charge in [0.25, 0.3) is 0 Å². The molecule has 1 saturated carbocycles. The van der Waals surface area contributed by atoms with Crippen LogP contribution in [0, 0.1) is 4.64 Å². The third-order valence-electron chi connectivity index (χ3n) is 4.16. The van der Waals surface area contributed by atoms with Gasteiger partial charge in [-0.2, -0.15) is 0 Å². The van der Waals surface area contributed by atoms with Crippen molar-refractivity contribution in [1.29, 1.82) is 0 Å². The molecule has 1 atom stereocenters. The first kappa shape index (κ1) is 14.4. The molecule has 2 aromatic rings. The van der Waals surface area contributed by atoms with E-state index in [4.69, 9.17) is 17.0 Å². The monoisotopic (exact) mass is 300 g/mol. The standard InChI is InChI=1S/C17H20N2OS/c1-20-16(13-9-3-2-4-10-13)17-18-14(11-15(21)19-17)12-7-5-6-8-12/h2-4,9-12,16H,5-8H2,1H3,(H,18,19,21). The highest BCUT2D eigenvalue weighted by Gasteiger charge is 2.21. The molecule has 1 unspecified atom stereocenters. The lowest BCUT2D eigenvalue weighted by molar-refractivity contribution is 0.128. The van der Waals surface area contributed by atoms with E-state index in [9.17, 15) is 0 Å². The first-order valence-corrected chi connectivity index (χ1v) is 7.87. The first-order chi connectivity index (χ1) is 10.3. The lowest BCUT2D eigenvalue weighted by Crippen LogP contribution is -2.11. The summed E-state index contributed by atoms with van der Waals surface area (Å²) in [5.41, 5.74) is 2.29. The van der Waals surface area contributed by atoms with Gasteiger partial charge in [-0.15, -0.1) is 0 Å². The highest BCUT2D eigenvalue weighted by Crippen LogP contribution is 2.33. The second kappa shape index (κ2) is 6.50. The number of benzene rings is 1. The van der Waals surface area contributed by atoms with E-state index in [0.717, 1.165) is 11.4 Å². The maximum atomic E-state index is 5.66. The van der Waals surface area contributed by atoms with Crippen molar-refractivity contribution in [2.24, 2.45) is 0 Å². The number of methoxy groups -OCH3 is 1. The first-order valence-electron chi connectivity index (χ1n) is 7.47. The molecule has 1 aromatic heterocycles. The van der Waals surface area contributed by atoms with Crippen LogP contribution in [0.3, 0.4) is 0 Å². The molecule has 0 spiro atoms. The van der Waals surface area contributed by atoms with Crippen LogP contribution in [0.5, 0.6) is 0 Å². The molecule has 1 aromatic carbocycles. The topological polar surface area (TPSA) is 37.9 Å². The number of ether oxygens (including phenoxy) is 1. The minimum Gasteiger partial charge on any atom is -0.369 e. The van der Waals surface area contributed by atoms with Gasteiger partial charge in [-0.05, 0) is 30.4 Å². The van der Waals surface area contributed by atoms with Gasteiger partial charge in [0.1, 0.15) is 16.6 Å². The summed E-state index contributed by atoms with van der Waals surface area (Å²) in [6.45, 7) is 0. The summed E-state index contributed by atoms with van der Waals surface area (Å²) in [6.07, 6.45) is 4.87. The van der Waals surface area contributed by atoms with E-state index in [1.807, 2.05) is 24.3 Å². The van der Waals surface area contributed by atoms with Gasteiger partial charge in [0.2, 0.25) is 0 Å². The summed E-state index contributed by atoms with van der Waals surface area (Å²) in [7, 11) is 1.71. The predicted molar refractivity (Wildman–Crippen MR) is 85.9 cm³/mol. The number of hydrogen-bond donors (Lipinski definition) is 1. The summed E-state index contributed by atoms with van der Waals surface area (Å²) < 4.78 is 6.30. The Morgan fingerprint density at radius 1 is 1.24 bits per heavy atom. The van der Waals surface area contributed by atoms with Gasteiger partial charge in [-0.3, -0.25) is 0 Å². The van der Waals surface area contributed by atoms with E-state index < -0.39 is 0 Å². The molecular formula is C17H20N2OS. The van der Waals surface area contributed by atoms with E-state index in [1.54, 1.807) is 7.11 Å². The fourth-order valence-corrected chi connectivity index (χ4v) is 3.34. The van der Waals surface area contributed by atoms with Crippen molar-refractivity contribution >= 4 is 12.2 Å². The number of hydrogen-bond acceptors (Lipinski definition) is 3. The molecule has 110 valence electrons. The van der Waals surface area contributed by atoms with E-state index >= 15 is 0 Å². The molecule has 1 heterocycles. The van der Waals surface area contributed by atoms with Gasteiger partial charge in [0.05, 0.1) is 0 Å². The number of H-pyrrole nitrogens is 1. The SMILES string of the molecule is COC(c1ccccc1)c1nc(=S)cc(C2CCCC2)[nH]1. The highest BCUT2D eigenvalue weighted by molar-refractivity contribution is 7.71. The van der Waals surface area contributed by atoms with Crippen LogP contribution >= 0.6 is 12.2 Å². The molecule has 3 nitrogen and oxygen atoms in total. The second-order valence-electron chi connectivity index (χ2n) is 5.57. The number of aromatic amines is 1. The number of aromatic nitrogens is 2. The largest absolute Gasteiger partial charge is 0.369 e. The predicted octanol–water partition coefficient (Wildman–Crippen LogP) is 4.53. The van der Waals surface area contributed by atoms with Crippen LogP contribution in [0.4, 0.5) is 0 Å². The number of nitrogens with zero attached hydrogens (tertiary/aromatic N) is 1. The Labute approximate surface area is 130 Å². The second-order valence-corrected chi connectivity index (χ2v) is 5.99. The third kappa shape index (κ3) is 3.22. The molecule has 4 heteroatoms.